The Balaban J connectivity index is 2.09. The van der Waals surface area contributed by atoms with Crippen LogP contribution in [0, 0.1) is 0 Å². The fraction of sp³-hybridized carbons (Fsp3) is 0.176. The van der Waals surface area contributed by atoms with Crippen LogP contribution in [0.3, 0.4) is 0 Å². The first-order valence-electron chi connectivity index (χ1n) is 7.22. The molecule has 2 aromatic carbocycles. The van der Waals surface area contributed by atoms with Gasteiger partial charge in [-0.15, -0.1) is 0 Å². The summed E-state index contributed by atoms with van der Waals surface area (Å²) in [5, 5.41) is 0.849. The van der Waals surface area contributed by atoms with Crippen molar-refractivity contribution in [1.82, 2.24) is 9.97 Å². The predicted molar refractivity (Wildman–Crippen MR) is 91.3 cm³/mol. The Morgan fingerprint density at radius 2 is 1.64 bits per heavy atom. The largest absolute Gasteiger partial charge is 0.368 e. The average Bonchev–Trinajstić information content (AvgIpc) is 2.53. The van der Waals surface area contributed by atoms with E-state index in [1.807, 2.05) is 18.2 Å². The number of rotatable bonds is 3. The normalized spacial score (nSPS) is 11.1. The third-order valence-corrected chi connectivity index (χ3v) is 3.76. The number of anilines is 2. The second kappa shape index (κ2) is 5.61. The van der Waals surface area contributed by atoms with Crippen LogP contribution in [0.15, 0.2) is 42.5 Å². The van der Waals surface area contributed by atoms with E-state index in [2.05, 4.69) is 53.5 Å². The van der Waals surface area contributed by atoms with Crippen LogP contribution in [-0.4, -0.2) is 9.97 Å². The van der Waals surface area contributed by atoms with Gasteiger partial charge in [-0.3, -0.25) is 0 Å². The van der Waals surface area contributed by atoms with E-state index in [9.17, 15) is 0 Å². The van der Waals surface area contributed by atoms with Crippen LogP contribution >= 0.6 is 0 Å². The predicted octanol–water partition coefficient (Wildman–Crippen LogP) is 3.29. The van der Waals surface area contributed by atoms with E-state index in [0.29, 0.717) is 11.7 Å². The van der Waals surface area contributed by atoms with Crippen molar-refractivity contribution >= 4 is 22.7 Å². The molecule has 0 aliphatic heterocycles. The molecule has 0 saturated carbocycles. The molecule has 5 N–H and O–H groups in total. The molecule has 0 bridgehead atoms. The maximum absolute atomic E-state index is 5.68. The summed E-state index contributed by atoms with van der Waals surface area (Å²) >= 11 is 0. The van der Waals surface area contributed by atoms with Crippen LogP contribution in [0.5, 0.6) is 0 Å². The maximum Gasteiger partial charge on any atom is 0.222 e. The number of benzene rings is 2. The lowest BCUT2D eigenvalue weighted by atomic mass is 9.98. The van der Waals surface area contributed by atoms with Crippen molar-refractivity contribution in [3.8, 4) is 11.1 Å². The molecule has 3 rings (SSSR count). The lowest BCUT2D eigenvalue weighted by Gasteiger charge is -2.10. The second-order valence-corrected chi connectivity index (χ2v) is 5.58. The van der Waals surface area contributed by atoms with Gasteiger partial charge in [0.2, 0.25) is 5.95 Å². The van der Waals surface area contributed by atoms with Crippen molar-refractivity contribution in [1.29, 1.82) is 0 Å². The van der Waals surface area contributed by atoms with Crippen LogP contribution in [0.25, 0.3) is 22.0 Å². The highest BCUT2D eigenvalue weighted by Crippen LogP contribution is 2.28. The van der Waals surface area contributed by atoms with Crippen molar-refractivity contribution < 1.29 is 0 Å². The van der Waals surface area contributed by atoms with Gasteiger partial charge in [0, 0.05) is 5.39 Å². The highest BCUT2D eigenvalue weighted by atomic mass is 15.3. The Labute approximate surface area is 129 Å². The molecule has 0 radical (unpaired) electrons. The molecule has 1 aromatic heterocycles. The van der Waals surface area contributed by atoms with Gasteiger partial charge in [0.15, 0.2) is 5.82 Å². The molecule has 1 heterocycles. The summed E-state index contributed by atoms with van der Waals surface area (Å²) in [7, 11) is 0. The first-order chi connectivity index (χ1) is 10.6. The molecule has 0 atom stereocenters. The molecule has 112 valence electrons. The Morgan fingerprint density at radius 1 is 0.955 bits per heavy atom. The van der Waals surface area contributed by atoms with Crippen LogP contribution in [0.4, 0.5) is 11.8 Å². The molecule has 5 nitrogen and oxygen atoms in total. The lowest BCUT2D eigenvalue weighted by Crippen LogP contribution is -2.11. The Kier molecular flexibility index (Phi) is 3.65. The van der Waals surface area contributed by atoms with Crippen LogP contribution in [0.1, 0.15) is 25.3 Å². The van der Waals surface area contributed by atoms with E-state index in [0.717, 1.165) is 22.0 Å². The molecule has 5 heteroatoms. The molecule has 0 fully saturated rings. The highest BCUT2D eigenvalue weighted by Gasteiger charge is 2.08. The molecule has 0 amide bonds. The van der Waals surface area contributed by atoms with Gasteiger partial charge in [-0.2, -0.15) is 4.98 Å². The zero-order valence-electron chi connectivity index (χ0n) is 12.7. The summed E-state index contributed by atoms with van der Waals surface area (Å²) in [5.74, 6) is 6.79. The molecular formula is C17H19N5. The standard InChI is InChI=1S/C17H19N5/c1-10(2)11-3-5-12(6-4-11)13-7-8-15-14(9-13)16(22-19)21-17(18)20-15/h3-10H,19H2,1-2H3,(H3,18,20,21,22). The summed E-state index contributed by atoms with van der Waals surface area (Å²) in [6.07, 6.45) is 0. The van der Waals surface area contributed by atoms with Crippen molar-refractivity contribution in [2.45, 2.75) is 19.8 Å². The number of hydrazine groups is 1. The van der Waals surface area contributed by atoms with Gasteiger partial charge in [-0.25, -0.2) is 10.8 Å². The van der Waals surface area contributed by atoms with E-state index in [-0.39, 0.29) is 5.95 Å². The summed E-state index contributed by atoms with van der Waals surface area (Å²) in [6, 6.07) is 14.6. The smallest absolute Gasteiger partial charge is 0.222 e. The van der Waals surface area contributed by atoms with Crippen molar-refractivity contribution in [3.05, 3.63) is 48.0 Å². The Bertz CT molecular complexity index is 809. The van der Waals surface area contributed by atoms with E-state index in [1.54, 1.807) is 0 Å². The summed E-state index contributed by atoms with van der Waals surface area (Å²) < 4.78 is 0. The summed E-state index contributed by atoms with van der Waals surface area (Å²) in [6.45, 7) is 4.37. The fourth-order valence-corrected chi connectivity index (χ4v) is 2.50. The van der Waals surface area contributed by atoms with Crippen LogP contribution in [0.2, 0.25) is 0 Å². The Morgan fingerprint density at radius 3 is 2.27 bits per heavy atom. The van der Waals surface area contributed by atoms with Crippen LogP contribution in [-0.2, 0) is 0 Å². The van der Waals surface area contributed by atoms with Crippen molar-refractivity contribution in [2.24, 2.45) is 5.84 Å². The molecule has 0 aliphatic carbocycles. The zero-order valence-corrected chi connectivity index (χ0v) is 12.7. The molecule has 0 saturated heterocycles. The number of nitrogens with zero attached hydrogens (tertiary/aromatic N) is 2. The maximum atomic E-state index is 5.68. The van der Waals surface area contributed by atoms with E-state index in [1.165, 1.54) is 5.56 Å². The molecule has 3 aromatic rings. The third-order valence-electron chi connectivity index (χ3n) is 3.76. The van der Waals surface area contributed by atoms with Gasteiger partial charge in [0.05, 0.1) is 5.52 Å². The van der Waals surface area contributed by atoms with E-state index >= 15 is 0 Å². The molecular weight excluding hydrogens is 274 g/mol. The van der Waals surface area contributed by atoms with E-state index in [4.69, 9.17) is 11.6 Å². The van der Waals surface area contributed by atoms with Gasteiger partial charge in [0.25, 0.3) is 0 Å². The van der Waals surface area contributed by atoms with Crippen molar-refractivity contribution in [3.63, 3.8) is 0 Å². The fourth-order valence-electron chi connectivity index (χ4n) is 2.50. The Hall–Kier alpha value is -2.66. The molecule has 0 spiro atoms. The first-order valence-corrected chi connectivity index (χ1v) is 7.22. The van der Waals surface area contributed by atoms with Crippen molar-refractivity contribution in [2.75, 3.05) is 11.2 Å². The number of nitrogen functional groups attached to an aromatic ring is 2. The minimum Gasteiger partial charge on any atom is -0.368 e. The lowest BCUT2D eigenvalue weighted by molar-refractivity contribution is 0.867. The van der Waals surface area contributed by atoms with E-state index < -0.39 is 0 Å². The summed E-state index contributed by atoms with van der Waals surface area (Å²) in [4.78, 5) is 8.35. The monoisotopic (exact) mass is 293 g/mol. The van der Waals surface area contributed by atoms with Gasteiger partial charge in [-0.1, -0.05) is 44.2 Å². The minimum atomic E-state index is 0.203. The number of hydrogen-bond acceptors (Lipinski definition) is 5. The minimum absolute atomic E-state index is 0.203. The quantitative estimate of drug-likeness (QED) is 0.509. The third kappa shape index (κ3) is 2.58. The SMILES string of the molecule is CC(C)c1ccc(-c2ccc3nc(N)nc(NN)c3c2)cc1. The van der Waals surface area contributed by atoms with Gasteiger partial charge >= 0.3 is 0 Å². The summed E-state index contributed by atoms with van der Waals surface area (Å²) in [5.41, 5.74) is 12.6. The molecule has 0 unspecified atom stereocenters. The van der Waals surface area contributed by atoms with Crippen LogP contribution < -0.4 is 17.0 Å². The van der Waals surface area contributed by atoms with Gasteiger partial charge in [-0.05, 0) is 34.7 Å². The topological polar surface area (TPSA) is 89.8 Å². The zero-order chi connectivity index (χ0) is 15.7. The second-order valence-electron chi connectivity index (χ2n) is 5.58. The van der Waals surface area contributed by atoms with Gasteiger partial charge < -0.3 is 11.2 Å². The number of nitrogens with two attached hydrogens (primary N) is 2. The van der Waals surface area contributed by atoms with Gasteiger partial charge in [0.1, 0.15) is 0 Å². The molecule has 0 aliphatic rings. The highest BCUT2D eigenvalue weighted by molar-refractivity contribution is 5.93. The number of aromatic nitrogens is 2. The number of fused-ring (bicyclic) bond motifs is 1. The number of hydrogen-bond donors (Lipinski definition) is 3. The number of nitrogens with one attached hydrogen (secondary N) is 1. The molecule has 22 heavy (non-hydrogen) atoms. The average molecular weight is 293 g/mol. The first kappa shape index (κ1) is 14.3.